The maximum atomic E-state index is 13.6. The molecule has 4 rings (SSSR count). The summed E-state index contributed by atoms with van der Waals surface area (Å²) in [4.78, 5) is 42.4. The summed E-state index contributed by atoms with van der Waals surface area (Å²) in [7, 11) is 2.01. The number of aliphatic hydroxyl groups is 1. The molecule has 10 heteroatoms. The lowest BCUT2D eigenvalue weighted by molar-refractivity contribution is 0.0343. The number of benzene rings is 1. The van der Waals surface area contributed by atoms with Crippen LogP contribution in [0.2, 0.25) is 0 Å². The molecule has 194 valence electrons. The molecule has 0 bridgehead atoms. The van der Waals surface area contributed by atoms with Crippen molar-refractivity contribution < 1.29 is 19.4 Å². The van der Waals surface area contributed by atoms with Crippen molar-refractivity contribution in [2.75, 3.05) is 32.1 Å². The first-order chi connectivity index (χ1) is 17.9. The van der Waals surface area contributed by atoms with Gasteiger partial charge >= 0.3 is 0 Å². The molecular weight excluding hydrogens is 472 g/mol. The van der Waals surface area contributed by atoms with E-state index in [-0.39, 0.29) is 36.3 Å². The Balaban J connectivity index is 1.67. The summed E-state index contributed by atoms with van der Waals surface area (Å²) in [6.07, 6.45) is 7.52. The number of nitrogens with zero attached hydrogens (tertiary/aromatic N) is 5. The van der Waals surface area contributed by atoms with Crippen molar-refractivity contribution in [2.45, 2.75) is 32.5 Å². The van der Waals surface area contributed by atoms with Crippen molar-refractivity contribution in [1.82, 2.24) is 24.8 Å². The highest BCUT2D eigenvalue weighted by atomic mass is 16.5. The highest BCUT2D eigenvalue weighted by Crippen LogP contribution is 2.35. The minimum absolute atomic E-state index is 0.0604. The second-order valence-corrected chi connectivity index (χ2v) is 9.40. The molecule has 0 aliphatic carbocycles. The van der Waals surface area contributed by atoms with Crippen LogP contribution in [0.4, 0.5) is 5.69 Å². The molecule has 1 aromatic carbocycles. The molecule has 0 fully saturated rings. The number of nitrogens with one attached hydrogen (secondary N) is 1. The number of carbonyl (C=O) groups is 2. The molecule has 1 aliphatic rings. The second kappa shape index (κ2) is 11.9. The van der Waals surface area contributed by atoms with Crippen molar-refractivity contribution in [1.29, 1.82) is 0 Å². The van der Waals surface area contributed by atoms with Gasteiger partial charge in [0.2, 0.25) is 0 Å². The van der Waals surface area contributed by atoms with Gasteiger partial charge in [0.25, 0.3) is 11.8 Å². The van der Waals surface area contributed by atoms with Gasteiger partial charge in [0, 0.05) is 50.3 Å². The third kappa shape index (κ3) is 6.28. The van der Waals surface area contributed by atoms with Crippen LogP contribution < -0.4 is 10.1 Å². The number of aromatic nitrogens is 3. The molecule has 1 aliphatic heterocycles. The number of carbonyl (C=O) groups excluding carboxylic acids is 2. The summed E-state index contributed by atoms with van der Waals surface area (Å²) in [5.74, 6) is -0.481. The lowest BCUT2D eigenvalue weighted by atomic mass is 9.99. The first kappa shape index (κ1) is 26.2. The third-order valence-electron chi connectivity index (χ3n) is 6.43. The molecule has 0 saturated carbocycles. The summed E-state index contributed by atoms with van der Waals surface area (Å²) in [5, 5.41) is 12.7. The van der Waals surface area contributed by atoms with Gasteiger partial charge in [-0.3, -0.25) is 24.5 Å². The van der Waals surface area contributed by atoms with Crippen LogP contribution in [0.1, 0.15) is 40.3 Å². The zero-order chi connectivity index (χ0) is 26.4. The normalized spacial score (nSPS) is 18.4. The van der Waals surface area contributed by atoms with Crippen LogP contribution >= 0.6 is 0 Å². The first-order valence-electron chi connectivity index (χ1n) is 12.2. The highest BCUT2D eigenvalue weighted by Gasteiger charge is 2.34. The van der Waals surface area contributed by atoms with Crippen LogP contribution in [-0.4, -0.2) is 80.6 Å². The minimum atomic E-state index is -0.459. The molecule has 3 heterocycles. The van der Waals surface area contributed by atoms with Crippen LogP contribution in [0.3, 0.4) is 0 Å². The van der Waals surface area contributed by atoms with Crippen LogP contribution in [-0.2, 0) is 6.54 Å². The van der Waals surface area contributed by atoms with Gasteiger partial charge in [-0.15, -0.1) is 0 Å². The Kier molecular flexibility index (Phi) is 8.42. The van der Waals surface area contributed by atoms with E-state index in [4.69, 9.17) is 4.74 Å². The van der Waals surface area contributed by atoms with E-state index in [1.54, 1.807) is 35.5 Å². The smallest absolute Gasteiger partial charge is 0.275 e. The van der Waals surface area contributed by atoms with Crippen molar-refractivity contribution in [3.05, 3.63) is 78.1 Å². The summed E-state index contributed by atoms with van der Waals surface area (Å²) < 4.78 is 6.54. The van der Waals surface area contributed by atoms with E-state index in [9.17, 15) is 14.7 Å². The Morgan fingerprint density at radius 2 is 2.00 bits per heavy atom. The number of pyridine rings is 1. The summed E-state index contributed by atoms with van der Waals surface area (Å²) >= 11 is 0. The Morgan fingerprint density at radius 1 is 1.22 bits per heavy atom. The number of aliphatic hydroxyl groups excluding tert-OH is 1. The van der Waals surface area contributed by atoms with E-state index in [1.807, 2.05) is 33.0 Å². The molecule has 0 saturated heterocycles. The van der Waals surface area contributed by atoms with Gasteiger partial charge in [0.1, 0.15) is 11.8 Å². The van der Waals surface area contributed by atoms with Gasteiger partial charge in [-0.25, -0.2) is 4.98 Å². The fourth-order valence-corrected chi connectivity index (χ4v) is 4.33. The third-order valence-corrected chi connectivity index (χ3v) is 6.43. The van der Waals surface area contributed by atoms with Gasteiger partial charge in [-0.1, -0.05) is 13.0 Å². The SMILES string of the molecule is C[C@H](CO)N1C[C@H](C)[C@H](CN(C)Cc2ccncc2)Oc2c(NC(=O)c3cnccn3)cccc2C1=O. The minimum Gasteiger partial charge on any atom is -0.486 e. The van der Waals surface area contributed by atoms with E-state index in [0.717, 1.165) is 5.56 Å². The van der Waals surface area contributed by atoms with Crippen LogP contribution in [0, 0.1) is 5.92 Å². The van der Waals surface area contributed by atoms with E-state index in [1.165, 1.54) is 18.6 Å². The summed E-state index contributed by atoms with van der Waals surface area (Å²) in [5.41, 5.74) is 1.97. The number of anilines is 1. The molecule has 37 heavy (non-hydrogen) atoms. The highest BCUT2D eigenvalue weighted by molar-refractivity contribution is 6.06. The first-order valence-corrected chi connectivity index (χ1v) is 12.2. The fourth-order valence-electron chi connectivity index (χ4n) is 4.33. The molecule has 2 N–H and O–H groups in total. The summed E-state index contributed by atoms with van der Waals surface area (Å²) in [6, 6.07) is 8.64. The topological polar surface area (TPSA) is 121 Å². The predicted octanol–water partition coefficient (Wildman–Crippen LogP) is 2.48. The average Bonchev–Trinajstić information content (AvgIpc) is 2.91. The number of rotatable bonds is 8. The van der Waals surface area contributed by atoms with Gasteiger partial charge < -0.3 is 20.1 Å². The molecule has 0 radical (unpaired) electrons. The fraction of sp³-hybridized carbons (Fsp3) is 0.370. The van der Waals surface area contributed by atoms with E-state index >= 15 is 0 Å². The number of fused-ring (bicyclic) bond motifs is 1. The molecule has 3 atom stereocenters. The molecular formula is C27H32N6O4. The molecule has 3 aromatic rings. The number of ether oxygens (including phenoxy) is 1. The molecule has 10 nitrogen and oxygen atoms in total. The summed E-state index contributed by atoms with van der Waals surface area (Å²) in [6.45, 7) is 5.38. The van der Waals surface area contributed by atoms with Crippen molar-refractivity contribution in [2.24, 2.45) is 5.92 Å². The zero-order valence-electron chi connectivity index (χ0n) is 21.2. The predicted molar refractivity (Wildman–Crippen MR) is 138 cm³/mol. The van der Waals surface area contributed by atoms with Gasteiger partial charge in [-0.2, -0.15) is 0 Å². The Labute approximate surface area is 216 Å². The lowest BCUT2D eigenvalue weighted by Gasteiger charge is -2.38. The van der Waals surface area contributed by atoms with E-state index in [0.29, 0.717) is 36.6 Å². The second-order valence-electron chi connectivity index (χ2n) is 9.40. The maximum absolute atomic E-state index is 13.6. The van der Waals surface area contributed by atoms with Gasteiger partial charge in [0.15, 0.2) is 5.75 Å². The standard InChI is InChI=1S/C27H32N6O4/c1-18-14-33(19(2)17-34)27(36)21-5-4-6-22(31-26(35)23-13-29-11-12-30-23)25(21)37-24(18)16-32(3)15-20-7-9-28-10-8-20/h4-13,18-19,24,34H,14-17H2,1-3H3,(H,31,35)/t18-,19+,24-/m0/s1. The Hall–Kier alpha value is -3.89. The largest absolute Gasteiger partial charge is 0.486 e. The number of hydrogen-bond donors (Lipinski definition) is 2. The van der Waals surface area contributed by atoms with Gasteiger partial charge in [-0.05, 0) is 43.8 Å². The quantitative estimate of drug-likeness (QED) is 0.480. The average molecular weight is 505 g/mol. The number of amides is 2. The van der Waals surface area contributed by atoms with Crippen molar-refractivity contribution >= 4 is 17.5 Å². The Bertz CT molecular complexity index is 1210. The zero-order valence-corrected chi connectivity index (χ0v) is 21.2. The molecule has 0 spiro atoms. The molecule has 0 unspecified atom stereocenters. The molecule has 2 amide bonds. The van der Waals surface area contributed by atoms with Crippen molar-refractivity contribution in [3.8, 4) is 5.75 Å². The van der Waals surface area contributed by atoms with Gasteiger partial charge in [0.05, 0.1) is 30.1 Å². The van der Waals surface area contributed by atoms with Crippen LogP contribution in [0.5, 0.6) is 5.75 Å². The monoisotopic (exact) mass is 504 g/mol. The van der Waals surface area contributed by atoms with Crippen molar-refractivity contribution in [3.63, 3.8) is 0 Å². The van der Waals surface area contributed by atoms with Crippen LogP contribution in [0.15, 0.2) is 61.3 Å². The van der Waals surface area contributed by atoms with E-state index in [2.05, 4.69) is 25.2 Å². The number of hydrogen-bond acceptors (Lipinski definition) is 8. The van der Waals surface area contributed by atoms with Crippen LogP contribution in [0.25, 0.3) is 0 Å². The Morgan fingerprint density at radius 3 is 2.70 bits per heavy atom. The maximum Gasteiger partial charge on any atom is 0.275 e. The molecule has 2 aromatic heterocycles. The lowest BCUT2D eigenvalue weighted by Crippen LogP contribution is -2.49. The van der Waals surface area contributed by atoms with E-state index < -0.39 is 5.91 Å². The number of likely N-dealkylation sites (N-methyl/N-ethyl adjacent to an activating group) is 1. The number of para-hydroxylation sites is 1.